The van der Waals surface area contributed by atoms with Gasteiger partial charge in [-0.05, 0) is 18.1 Å². The molecule has 0 fully saturated rings. The van der Waals surface area contributed by atoms with E-state index in [1.807, 2.05) is 13.0 Å². The number of hydrogen-bond donors (Lipinski definition) is 1. The van der Waals surface area contributed by atoms with Gasteiger partial charge in [0, 0.05) is 0 Å². The van der Waals surface area contributed by atoms with Crippen molar-refractivity contribution in [2.45, 2.75) is 13.5 Å². The van der Waals surface area contributed by atoms with Crippen molar-refractivity contribution in [3.63, 3.8) is 0 Å². The molecule has 0 spiro atoms. The third kappa shape index (κ3) is 1.54. The second kappa shape index (κ2) is 3.78. The van der Waals surface area contributed by atoms with E-state index in [1.165, 1.54) is 0 Å². The molecule has 0 unspecified atom stereocenters. The third-order valence-corrected chi connectivity index (χ3v) is 2.16. The van der Waals surface area contributed by atoms with Crippen LogP contribution in [0.5, 0.6) is 5.75 Å². The molecule has 0 atom stereocenters. The molecule has 1 aromatic carbocycles. The molecule has 1 aromatic rings. The fraction of sp³-hybridized carbons (Fsp3) is 0.333. The molecule has 1 N–H and O–H groups in total. The summed E-state index contributed by atoms with van der Waals surface area (Å²) in [6.07, 6.45) is 0. The van der Waals surface area contributed by atoms with E-state index >= 15 is 0 Å². The first-order valence-corrected chi connectivity index (χ1v) is 4.01. The van der Waals surface area contributed by atoms with Crippen molar-refractivity contribution in [2.24, 2.45) is 0 Å². The number of halogens is 1. The average Bonchev–Trinajstić information content (AvgIpc) is 2.06. The smallest absolute Gasteiger partial charge is 0.140 e. The molecule has 0 saturated carbocycles. The van der Waals surface area contributed by atoms with Gasteiger partial charge in [-0.2, -0.15) is 0 Å². The van der Waals surface area contributed by atoms with Crippen LogP contribution in [0.3, 0.4) is 0 Å². The molecule has 12 heavy (non-hydrogen) atoms. The SMILES string of the molecule is COc1c(C)ccc(CO)c1Cl. The van der Waals surface area contributed by atoms with E-state index in [4.69, 9.17) is 21.4 Å². The van der Waals surface area contributed by atoms with E-state index in [0.717, 1.165) is 5.56 Å². The van der Waals surface area contributed by atoms with E-state index in [-0.39, 0.29) is 6.61 Å². The van der Waals surface area contributed by atoms with Crippen molar-refractivity contribution >= 4 is 11.6 Å². The van der Waals surface area contributed by atoms with Gasteiger partial charge < -0.3 is 9.84 Å². The van der Waals surface area contributed by atoms with E-state index in [2.05, 4.69) is 0 Å². The van der Waals surface area contributed by atoms with Crippen LogP contribution in [0.1, 0.15) is 11.1 Å². The minimum Gasteiger partial charge on any atom is -0.495 e. The van der Waals surface area contributed by atoms with Crippen LogP contribution in [-0.2, 0) is 6.61 Å². The average molecular weight is 187 g/mol. The number of methoxy groups -OCH3 is 1. The molecule has 3 heteroatoms. The van der Waals surface area contributed by atoms with Gasteiger partial charge in [-0.25, -0.2) is 0 Å². The molecule has 0 heterocycles. The normalized spacial score (nSPS) is 10.0. The molecule has 1 rings (SSSR count). The zero-order valence-electron chi connectivity index (χ0n) is 7.10. The third-order valence-electron chi connectivity index (χ3n) is 1.75. The van der Waals surface area contributed by atoms with Gasteiger partial charge in [0.1, 0.15) is 5.75 Å². The summed E-state index contributed by atoms with van der Waals surface area (Å²) < 4.78 is 5.08. The van der Waals surface area contributed by atoms with Crippen LogP contribution in [0, 0.1) is 6.92 Å². The molecule has 0 bridgehead atoms. The van der Waals surface area contributed by atoms with Crippen molar-refractivity contribution < 1.29 is 9.84 Å². The van der Waals surface area contributed by atoms with Crippen LogP contribution >= 0.6 is 11.6 Å². The molecule has 0 aliphatic heterocycles. The maximum absolute atomic E-state index is 8.89. The Hall–Kier alpha value is -0.730. The number of aryl methyl sites for hydroxylation is 1. The fourth-order valence-corrected chi connectivity index (χ4v) is 1.42. The lowest BCUT2D eigenvalue weighted by molar-refractivity contribution is 0.281. The summed E-state index contributed by atoms with van der Waals surface area (Å²) in [5.74, 6) is 0.642. The van der Waals surface area contributed by atoms with Crippen LogP contribution in [-0.4, -0.2) is 12.2 Å². The molecule has 66 valence electrons. The summed E-state index contributed by atoms with van der Waals surface area (Å²) in [5, 5.41) is 9.39. The second-order valence-corrected chi connectivity index (χ2v) is 2.92. The molecular formula is C9H11ClO2. The van der Waals surface area contributed by atoms with Crippen molar-refractivity contribution in [1.29, 1.82) is 0 Å². The number of ether oxygens (including phenoxy) is 1. The minimum absolute atomic E-state index is 0.0600. The highest BCUT2D eigenvalue weighted by Gasteiger charge is 2.08. The van der Waals surface area contributed by atoms with E-state index in [9.17, 15) is 0 Å². The lowest BCUT2D eigenvalue weighted by atomic mass is 10.1. The Morgan fingerprint density at radius 2 is 2.17 bits per heavy atom. The summed E-state index contributed by atoms with van der Waals surface area (Å²) in [4.78, 5) is 0. The second-order valence-electron chi connectivity index (χ2n) is 2.55. The van der Waals surface area contributed by atoms with Crippen LogP contribution in [0.25, 0.3) is 0 Å². The Bertz CT molecular complexity index is 284. The maximum atomic E-state index is 8.89. The number of aliphatic hydroxyl groups excluding tert-OH is 1. The number of benzene rings is 1. The van der Waals surface area contributed by atoms with E-state index in [0.29, 0.717) is 16.3 Å². The first-order chi connectivity index (χ1) is 5.70. The van der Waals surface area contributed by atoms with Gasteiger partial charge in [0.2, 0.25) is 0 Å². The fourth-order valence-electron chi connectivity index (χ4n) is 1.07. The van der Waals surface area contributed by atoms with Gasteiger partial charge in [0.25, 0.3) is 0 Å². The Morgan fingerprint density at radius 3 is 2.67 bits per heavy atom. The van der Waals surface area contributed by atoms with Crippen molar-refractivity contribution in [3.8, 4) is 5.75 Å². The van der Waals surface area contributed by atoms with Gasteiger partial charge in [0.15, 0.2) is 0 Å². The molecule has 0 aliphatic carbocycles. The largest absolute Gasteiger partial charge is 0.495 e. The monoisotopic (exact) mass is 186 g/mol. The van der Waals surface area contributed by atoms with Gasteiger partial charge in [-0.3, -0.25) is 0 Å². The number of hydrogen-bond acceptors (Lipinski definition) is 2. The quantitative estimate of drug-likeness (QED) is 0.767. The van der Waals surface area contributed by atoms with Crippen LogP contribution in [0.15, 0.2) is 12.1 Å². The van der Waals surface area contributed by atoms with Crippen molar-refractivity contribution in [2.75, 3.05) is 7.11 Å². The number of aliphatic hydroxyl groups is 1. The summed E-state index contributed by atoms with van der Waals surface area (Å²) in [6.45, 7) is 1.85. The van der Waals surface area contributed by atoms with Crippen molar-refractivity contribution in [1.82, 2.24) is 0 Å². The van der Waals surface area contributed by atoms with Crippen molar-refractivity contribution in [3.05, 3.63) is 28.3 Å². The predicted octanol–water partition coefficient (Wildman–Crippen LogP) is 2.15. The van der Waals surface area contributed by atoms with E-state index < -0.39 is 0 Å². The Kier molecular flexibility index (Phi) is 2.95. The Balaban J connectivity index is 3.24. The van der Waals surface area contributed by atoms with Gasteiger partial charge in [-0.1, -0.05) is 23.7 Å². The molecule has 2 nitrogen and oxygen atoms in total. The van der Waals surface area contributed by atoms with Crippen LogP contribution in [0.2, 0.25) is 5.02 Å². The Morgan fingerprint density at radius 1 is 1.50 bits per heavy atom. The van der Waals surface area contributed by atoms with Gasteiger partial charge >= 0.3 is 0 Å². The van der Waals surface area contributed by atoms with Gasteiger partial charge in [0.05, 0.1) is 18.7 Å². The molecule has 0 saturated heterocycles. The lowest BCUT2D eigenvalue weighted by Gasteiger charge is -2.09. The topological polar surface area (TPSA) is 29.5 Å². The first-order valence-electron chi connectivity index (χ1n) is 3.63. The zero-order valence-corrected chi connectivity index (χ0v) is 7.85. The first kappa shape index (κ1) is 9.36. The summed E-state index contributed by atoms with van der Waals surface area (Å²) in [7, 11) is 1.56. The molecular weight excluding hydrogens is 176 g/mol. The highest BCUT2D eigenvalue weighted by atomic mass is 35.5. The highest BCUT2D eigenvalue weighted by molar-refractivity contribution is 6.33. The zero-order chi connectivity index (χ0) is 9.14. The Labute approximate surface area is 76.7 Å². The summed E-state index contributed by atoms with van der Waals surface area (Å²) >= 11 is 5.93. The molecule has 0 radical (unpaired) electrons. The predicted molar refractivity (Wildman–Crippen MR) is 48.7 cm³/mol. The summed E-state index contributed by atoms with van der Waals surface area (Å²) in [5.41, 5.74) is 1.67. The number of rotatable bonds is 2. The van der Waals surface area contributed by atoms with Crippen LogP contribution < -0.4 is 4.74 Å². The van der Waals surface area contributed by atoms with E-state index in [1.54, 1.807) is 13.2 Å². The minimum atomic E-state index is -0.0600. The highest BCUT2D eigenvalue weighted by Crippen LogP contribution is 2.31. The van der Waals surface area contributed by atoms with Crippen LogP contribution in [0.4, 0.5) is 0 Å². The molecule has 0 amide bonds. The molecule has 0 aliphatic rings. The summed E-state index contributed by atoms with van der Waals surface area (Å²) in [6, 6.07) is 3.66. The molecule has 0 aromatic heterocycles. The maximum Gasteiger partial charge on any atom is 0.140 e. The van der Waals surface area contributed by atoms with Gasteiger partial charge in [-0.15, -0.1) is 0 Å². The lowest BCUT2D eigenvalue weighted by Crippen LogP contribution is -1.92. The standard InChI is InChI=1S/C9H11ClO2/c1-6-3-4-7(5-11)8(10)9(6)12-2/h3-4,11H,5H2,1-2H3.